The number of thiophene rings is 1. The smallest absolute Gasteiger partial charge is 0.251 e. The summed E-state index contributed by atoms with van der Waals surface area (Å²) in [7, 11) is 0. The number of amides is 1. The average molecular weight is 341 g/mol. The van der Waals surface area contributed by atoms with Crippen molar-refractivity contribution in [2.75, 3.05) is 6.54 Å². The Hall–Kier alpha value is -2.37. The molecule has 4 nitrogen and oxygen atoms in total. The Balaban J connectivity index is 1.85. The third-order valence-corrected chi connectivity index (χ3v) is 4.75. The fraction of sp³-hybridized carbons (Fsp3) is 0.211. The summed E-state index contributed by atoms with van der Waals surface area (Å²) in [5, 5.41) is 17.7. The lowest BCUT2D eigenvalue weighted by atomic mass is 9.93. The Morgan fingerprint density at radius 1 is 1.29 bits per heavy atom. The van der Waals surface area contributed by atoms with Crippen molar-refractivity contribution in [1.82, 2.24) is 5.32 Å². The lowest BCUT2D eigenvalue weighted by Crippen LogP contribution is -2.41. The predicted octanol–water partition coefficient (Wildman–Crippen LogP) is 3.62. The average Bonchev–Trinajstić information content (AvgIpc) is 3.28. The van der Waals surface area contributed by atoms with Crippen LogP contribution >= 0.6 is 11.3 Å². The van der Waals surface area contributed by atoms with Crippen molar-refractivity contribution in [1.29, 1.82) is 0 Å². The molecule has 3 aromatic rings. The minimum Gasteiger partial charge on any atom is -0.466 e. The Bertz CT molecular complexity index is 788. The van der Waals surface area contributed by atoms with E-state index >= 15 is 0 Å². The maximum Gasteiger partial charge on any atom is 0.251 e. The van der Waals surface area contributed by atoms with E-state index in [1.54, 1.807) is 12.1 Å². The molecule has 0 bridgehead atoms. The third-order valence-electron chi connectivity index (χ3n) is 4.07. The van der Waals surface area contributed by atoms with Crippen molar-refractivity contribution in [3.05, 3.63) is 81.4 Å². The van der Waals surface area contributed by atoms with Gasteiger partial charge in [0.2, 0.25) is 0 Å². The highest BCUT2D eigenvalue weighted by atomic mass is 32.1. The van der Waals surface area contributed by atoms with E-state index in [0.717, 1.165) is 11.1 Å². The van der Waals surface area contributed by atoms with Gasteiger partial charge >= 0.3 is 0 Å². The predicted molar refractivity (Wildman–Crippen MR) is 94.3 cm³/mol. The van der Waals surface area contributed by atoms with Crippen LogP contribution < -0.4 is 5.32 Å². The normalized spacial score (nSPS) is 13.5. The van der Waals surface area contributed by atoms with Crippen LogP contribution in [0.3, 0.4) is 0 Å². The molecule has 2 heterocycles. The van der Waals surface area contributed by atoms with Crippen molar-refractivity contribution in [3.63, 3.8) is 0 Å². The van der Waals surface area contributed by atoms with Gasteiger partial charge in [-0.25, -0.2) is 0 Å². The number of carbonyl (C=O) groups is 1. The van der Waals surface area contributed by atoms with Crippen LogP contribution in [0.2, 0.25) is 0 Å². The molecule has 1 aromatic carbocycles. The molecule has 5 heteroatoms. The van der Waals surface area contributed by atoms with E-state index in [0.29, 0.717) is 16.9 Å². The molecule has 0 unspecified atom stereocenters. The highest BCUT2D eigenvalue weighted by molar-refractivity contribution is 7.08. The summed E-state index contributed by atoms with van der Waals surface area (Å²) >= 11 is 1.48. The zero-order chi connectivity index (χ0) is 17.2. The second kappa shape index (κ2) is 6.63. The number of aliphatic hydroxyl groups is 1. The maximum atomic E-state index is 12.6. The first-order chi connectivity index (χ1) is 11.5. The molecular formula is C19H19NO3S. The fourth-order valence-electron chi connectivity index (χ4n) is 2.63. The van der Waals surface area contributed by atoms with Gasteiger partial charge < -0.3 is 14.8 Å². The van der Waals surface area contributed by atoms with Gasteiger partial charge in [0.25, 0.3) is 5.91 Å². The van der Waals surface area contributed by atoms with Crippen molar-refractivity contribution in [2.24, 2.45) is 0 Å². The molecule has 3 rings (SSSR count). The highest BCUT2D eigenvalue weighted by Gasteiger charge is 2.35. The molecule has 2 N–H and O–H groups in total. The molecule has 0 aliphatic rings. The molecule has 0 spiro atoms. The Morgan fingerprint density at radius 3 is 2.79 bits per heavy atom. The molecule has 0 aliphatic carbocycles. The van der Waals surface area contributed by atoms with Gasteiger partial charge in [-0.15, -0.1) is 0 Å². The Kier molecular flexibility index (Phi) is 4.55. The summed E-state index contributed by atoms with van der Waals surface area (Å²) in [6.45, 7) is 3.87. The van der Waals surface area contributed by atoms with Crippen LogP contribution in [-0.2, 0) is 5.60 Å². The van der Waals surface area contributed by atoms with Crippen LogP contribution in [0.1, 0.15) is 32.8 Å². The number of aryl methyl sites for hydroxylation is 2. The van der Waals surface area contributed by atoms with Gasteiger partial charge in [0.1, 0.15) is 5.76 Å². The minimum atomic E-state index is -1.39. The second-order valence-corrected chi connectivity index (χ2v) is 6.63. The van der Waals surface area contributed by atoms with E-state index in [4.69, 9.17) is 4.42 Å². The molecule has 2 aromatic heterocycles. The quantitative estimate of drug-likeness (QED) is 0.745. The largest absolute Gasteiger partial charge is 0.466 e. The minimum absolute atomic E-state index is 0.0312. The molecule has 0 aliphatic heterocycles. The summed E-state index contributed by atoms with van der Waals surface area (Å²) in [5.74, 6) is 0.193. The van der Waals surface area contributed by atoms with E-state index in [2.05, 4.69) is 5.32 Å². The lowest BCUT2D eigenvalue weighted by Gasteiger charge is -2.26. The van der Waals surface area contributed by atoms with Crippen LogP contribution in [0.25, 0.3) is 0 Å². The molecule has 0 saturated heterocycles. The SMILES string of the molecule is Cc1ccc(C)c(C(=O)NC[C@@](O)(c2ccsc2)c2ccco2)c1. The topological polar surface area (TPSA) is 62.5 Å². The van der Waals surface area contributed by atoms with Crippen LogP contribution in [0.5, 0.6) is 0 Å². The van der Waals surface area contributed by atoms with Gasteiger partial charge in [-0.2, -0.15) is 11.3 Å². The van der Waals surface area contributed by atoms with Crippen molar-refractivity contribution >= 4 is 17.2 Å². The van der Waals surface area contributed by atoms with Gasteiger partial charge in [0.05, 0.1) is 12.8 Å². The van der Waals surface area contributed by atoms with E-state index < -0.39 is 5.60 Å². The van der Waals surface area contributed by atoms with E-state index in [1.165, 1.54) is 17.6 Å². The maximum absolute atomic E-state index is 12.6. The Labute approximate surface area is 144 Å². The standard InChI is InChI=1S/C19H19NO3S/c1-13-5-6-14(2)16(10-13)18(21)20-12-19(22,15-7-9-24-11-15)17-4-3-8-23-17/h3-11,22H,12H2,1-2H3,(H,20,21)/t19-/m1/s1. The molecule has 0 radical (unpaired) electrons. The summed E-state index contributed by atoms with van der Waals surface area (Å²) in [4.78, 5) is 12.6. The van der Waals surface area contributed by atoms with Crippen molar-refractivity contribution in [2.45, 2.75) is 19.4 Å². The number of rotatable bonds is 5. The first-order valence-electron chi connectivity index (χ1n) is 7.65. The molecule has 124 valence electrons. The zero-order valence-corrected chi connectivity index (χ0v) is 14.4. The third kappa shape index (κ3) is 3.13. The van der Waals surface area contributed by atoms with Gasteiger partial charge in [-0.1, -0.05) is 17.7 Å². The molecule has 0 saturated carbocycles. The van der Waals surface area contributed by atoms with E-state index in [1.807, 2.05) is 48.9 Å². The lowest BCUT2D eigenvalue weighted by molar-refractivity contribution is 0.0528. The molecule has 1 atom stereocenters. The van der Waals surface area contributed by atoms with Crippen LogP contribution in [0.4, 0.5) is 0 Å². The zero-order valence-electron chi connectivity index (χ0n) is 13.6. The number of hydrogen-bond donors (Lipinski definition) is 2. The monoisotopic (exact) mass is 341 g/mol. The molecule has 24 heavy (non-hydrogen) atoms. The molecule has 1 amide bonds. The van der Waals surface area contributed by atoms with Gasteiger partial charge in [0, 0.05) is 11.1 Å². The highest BCUT2D eigenvalue weighted by Crippen LogP contribution is 2.31. The number of hydrogen-bond acceptors (Lipinski definition) is 4. The fourth-order valence-corrected chi connectivity index (χ4v) is 3.35. The van der Waals surface area contributed by atoms with Gasteiger partial charge in [-0.05, 0) is 54.4 Å². The number of benzene rings is 1. The Morgan fingerprint density at radius 2 is 2.12 bits per heavy atom. The van der Waals surface area contributed by atoms with Gasteiger partial charge in [-0.3, -0.25) is 4.79 Å². The summed E-state index contributed by atoms with van der Waals surface area (Å²) in [6, 6.07) is 11.0. The first kappa shape index (κ1) is 16.5. The molecular weight excluding hydrogens is 322 g/mol. The number of furan rings is 1. The summed E-state index contributed by atoms with van der Waals surface area (Å²) in [5.41, 5.74) is 1.84. The number of carbonyl (C=O) groups excluding carboxylic acids is 1. The van der Waals surface area contributed by atoms with Crippen molar-refractivity contribution in [3.8, 4) is 0 Å². The van der Waals surface area contributed by atoms with E-state index in [9.17, 15) is 9.90 Å². The van der Waals surface area contributed by atoms with Crippen molar-refractivity contribution < 1.29 is 14.3 Å². The van der Waals surface area contributed by atoms with Gasteiger partial charge in [0.15, 0.2) is 5.60 Å². The van der Waals surface area contributed by atoms with Crippen LogP contribution in [-0.4, -0.2) is 17.6 Å². The van der Waals surface area contributed by atoms with E-state index in [-0.39, 0.29) is 12.5 Å². The van der Waals surface area contributed by atoms with Crippen LogP contribution in [0, 0.1) is 13.8 Å². The number of nitrogens with one attached hydrogen (secondary N) is 1. The second-order valence-electron chi connectivity index (χ2n) is 5.85. The summed E-state index contributed by atoms with van der Waals surface area (Å²) < 4.78 is 5.41. The summed E-state index contributed by atoms with van der Waals surface area (Å²) in [6.07, 6.45) is 1.51. The van der Waals surface area contributed by atoms with Crippen LogP contribution in [0.15, 0.2) is 57.8 Å². The molecule has 0 fully saturated rings. The first-order valence-corrected chi connectivity index (χ1v) is 8.59.